The number of esters is 1. The van der Waals surface area contributed by atoms with Crippen molar-refractivity contribution in [2.45, 2.75) is 89.4 Å². The molecule has 1 aliphatic carbocycles. The maximum Gasteiger partial charge on any atom is 0.471 e. The number of hydrogen-bond donors (Lipinski definition) is 2. The fraction of sp³-hybridized carbons (Fsp3) is 0.469. The highest BCUT2D eigenvalue weighted by Crippen LogP contribution is 2.46. The Kier molecular flexibility index (Phi) is 6.82. The molecule has 3 aliphatic heterocycles. The van der Waals surface area contributed by atoms with Crippen molar-refractivity contribution in [3.05, 3.63) is 61.7 Å². The molecule has 46 heavy (non-hydrogen) atoms. The monoisotopic (exact) mass is 642 g/mol. The van der Waals surface area contributed by atoms with Gasteiger partial charge in [0.15, 0.2) is 5.60 Å². The van der Waals surface area contributed by atoms with E-state index in [-0.39, 0.29) is 55.6 Å². The van der Waals surface area contributed by atoms with Gasteiger partial charge in [-0.3, -0.25) is 14.4 Å². The molecule has 5 heterocycles. The first-order valence-electron chi connectivity index (χ1n) is 15.3. The second-order valence-electron chi connectivity index (χ2n) is 12.4. The maximum absolute atomic E-state index is 15.2. The van der Waals surface area contributed by atoms with Crippen molar-refractivity contribution in [2.24, 2.45) is 0 Å². The molecule has 3 aromatic rings. The van der Waals surface area contributed by atoms with Crippen LogP contribution in [-0.4, -0.2) is 56.1 Å². The zero-order chi connectivity index (χ0) is 32.9. The number of nitrogens with one attached hydrogen (secondary N) is 1. The van der Waals surface area contributed by atoms with Gasteiger partial charge < -0.3 is 24.6 Å². The second-order valence-corrected chi connectivity index (χ2v) is 12.4. The van der Waals surface area contributed by atoms with Gasteiger partial charge in [0.2, 0.25) is 5.91 Å². The van der Waals surface area contributed by atoms with E-state index in [1.165, 1.54) is 16.7 Å². The summed E-state index contributed by atoms with van der Waals surface area (Å²) < 4.78 is 62.0. The fourth-order valence-corrected chi connectivity index (χ4v) is 7.58. The summed E-state index contributed by atoms with van der Waals surface area (Å²) in [7, 11) is 0. The van der Waals surface area contributed by atoms with Crippen LogP contribution in [0.4, 0.5) is 17.6 Å². The zero-order valence-corrected chi connectivity index (χ0v) is 25.0. The molecular weight excluding hydrogens is 612 g/mol. The molecule has 2 amide bonds. The van der Waals surface area contributed by atoms with Crippen LogP contribution in [0.15, 0.2) is 16.9 Å². The number of aliphatic hydroxyl groups is 1. The number of alkyl halides is 3. The summed E-state index contributed by atoms with van der Waals surface area (Å²) in [5, 5.41) is 14.7. The Bertz CT molecular complexity index is 1940. The maximum atomic E-state index is 15.2. The molecule has 1 aromatic carbocycles. The number of cyclic esters (lactones) is 1. The van der Waals surface area contributed by atoms with Gasteiger partial charge >= 0.3 is 18.1 Å². The van der Waals surface area contributed by atoms with E-state index in [1.54, 1.807) is 13.8 Å². The zero-order valence-electron chi connectivity index (χ0n) is 25.0. The van der Waals surface area contributed by atoms with Crippen molar-refractivity contribution in [2.75, 3.05) is 6.54 Å². The lowest BCUT2D eigenvalue weighted by molar-refractivity contribution is -0.189. The van der Waals surface area contributed by atoms with Gasteiger partial charge in [-0.15, -0.1) is 0 Å². The molecule has 0 saturated carbocycles. The first kappa shape index (κ1) is 30.3. The smallest absolute Gasteiger partial charge is 0.458 e. The van der Waals surface area contributed by atoms with Gasteiger partial charge in [0.05, 0.1) is 35.1 Å². The number of amides is 2. The Morgan fingerprint density at radius 2 is 1.91 bits per heavy atom. The average molecular weight is 643 g/mol. The first-order valence-corrected chi connectivity index (χ1v) is 15.3. The summed E-state index contributed by atoms with van der Waals surface area (Å²) in [5.74, 6) is -4.16. The van der Waals surface area contributed by atoms with Gasteiger partial charge in [0.25, 0.3) is 5.56 Å². The number of rotatable bonds is 3. The SMILES string of the molecule is CC[C@@]1(O)C(=O)OCc2c1cc1n(c2=O)Cc2c-1nc1cc(F)c(C)c3c1c2[C@@H](NC(=O)C1CCCCN1C(=O)C(F)(F)F)CC3. The summed E-state index contributed by atoms with van der Waals surface area (Å²) in [6, 6.07) is 0.737. The van der Waals surface area contributed by atoms with Crippen LogP contribution in [0.1, 0.15) is 78.5 Å². The molecule has 242 valence electrons. The van der Waals surface area contributed by atoms with E-state index < -0.39 is 53.0 Å². The highest BCUT2D eigenvalue weighted by Gasteiger charge is 2.48. The number of aryl methyl sites for hydroxylation is 1. The molecule has 7 rings (SSSR count). The van der Waals surface area contributed by atoms with Crippen LogP contribution in [0.2, 0.25) is 0 Å². The van der Waals surface area contributed by atoms with E-state index >= 15 is 4.39 Å². The minimum Gasteiger partial charge on any atom is -0.458 e. The number of benzene rings is 1. The Hall–Kier alpha value is -4.33. The van der Waals surface area contributed by atoms with Crippen LogP contribution in [-0.2, 0) is 44.3 Å². The third kappa shape index (κ3) is 4.28. The van der Waals surface area contributed by atoms with Gasteiger partial charge in [0, 0.05) is 29.1 Å². The number of likely N-dealkylation sites (tertiary alicyclic amines) is 1. The third-order valence-electron chi connectivity index (χ3n) is 10.0. The minimum atomic E-state index is -5.13. The molecular formula is C32H30F4N4O6. The van der Waals surface area contributed by atoms with Crippen molar-refractivity contribution in [1.82, 2.24) is 19.8 Å². The summed E-state index contributed by atoms with van der Waals surface area (Å²) in [6.07, 6.45) is -3.67. The summed E-state index contributed by atoms with van der Waals surface area (Å²) in [5.41, 5.74) is 0.766. The summed E-state index contributed by atoms with van der Waals surface area (Å²) >= 11 is 0. The van der Waals surface area contributed by atoms with Gasteiger partial charge in [-0.05, 0) is 68.2 Å². The van der Waals surface area contributed by atoms with Crippen molar-refractivity contribution in [1.29, 1.82) is 0 Å². The lowest BCUT2D eigenvalue weighted by atomic mass is 9.81. The fourth-order valence-electron chi connectivity index (χ4n) is 7.58. The summed E-state index contributed by atoms with van der Waals surface area (Å²) in [4.78, 5) is 57.6. The van der Waals surface area contributed by atoms with E-state index in [2.05, 4.69) is 5.32 Å². The predicted molar refractivity (Wildman–Crippen MR) is 154 cm³/mol. The normalized spacial score (nSPS) is 23.5. The molecule has 4 aliphatic rings. The number of ether oxygens (including phenoxy) is 1. The van der Waals surface area contributed by atoms with Crippen LogP contribution < -0.4 is 10.9 Å². The molecule has 1 fully saturated rings. The molecule has 2 N–H and O–H groups in total. The van der Waals surface area contributed by atoms with Crippen molar-refractivity contribution in [3.63, 3.8) is 0 Å². The van der Waals surface area contributed by atoms with Gasteiger partial charge in [0.1, 0.15) is 18.5 Å². The van der Waals surface area contributed by atoms with E-state index in [9.17, 15) is 37.5 Å². The van der Waals surface area contributed by atoms with Gasteiger partial charge in [-0.1, -0.05) is 6.92 Å². The second kappa shape index (κ2) is 10.3. The van der Waals surface area contributed by atoms with Crippen molar-refractivity contribution in [3.8, 4) is 11.4 Å². The Morgan fingerprint density at radius 3 is 2.63 bits per heavy atom. The number of pyridine rings is 2. The molecule has 1 saturated heterocycles. The average Bonchev–Trinajstić information content (AvgIpc) is 3.40. The van der Waals surface area contributed by atoms with Crippen LogP contribution in [0.3, 0.4) is 0 Å². The Morgan fingerprint density at radius 1 is 1.15 bits per heavy atom. The highest BCUT2D eigenvalue weighted by atomic mass is 19.4. The number of aromatic nitrogens is 2. The van der Waals surface area contributed by atoms with Crippen LogP contribution in [0.5, 0.6) is 0 Å². The number of hydrogen-bond acceptors (Lipinski definition) is 7. The third-order valence-corrected chi connectivity index (χ3v) is 10.0. The van der Waals surface area contributed by atoms with E-state index in [1.807, 2.05) is 0 Å². The lowest BCUT2D eigenvalue weighted by Gasteiger charge is -2.37. The largest absolute Gasteiger partial charge is 0.471 e. The van der Waals surface area contributed by atoms with Gasteiger partial charge in [-0.25, -0.2) is 14.2 Å². The molecule has 0 bridgehead atoms. The molecule has 0 radical (unpaired) electrons. The molecule has 14 heteroatoms. The van der Waals surface area contributed by atoms with Crippen LogP contribution in [0.25, 0.3) is 22.3 Å². The Labute approximate surface area is 259 Å². The Balaban J connectivity index is 1.37. The quantitative estimate of drug-likeness (QED) is 0.258. The molecule has 3 atom stereocenters. The van der Waals surface area contributed by atoms with Crippen LogP contribution >= 0.6 is 0 Å². The van der Waals surface area contributed by atoms with Crippen molar-refractivity contribution < 1.29 is 41.8 Å². The number of halogens is 4. The number of carbonyl (C=O) groups excluding carboxylic acids is 3. The van der Waals surface area contributed by atoms with Crippen LogP contribution in [0, 0.1) is 12.7 Å². The van der Waals surface area contributed by atoms with Crippen molar-refractivity contribution >= 4 is 28.7 Å². The van der Waals surface area contributed by atoms with E-state index in [0.717, 1.165) is 0 Å². The van der Waals surface area contributed by atoms with Gasteiger partial charge in [-0.2, -0.15) is 13.2 Å². The molecule has 1 unspecified atom stereocenters. The van der Waals surface area contributed by atoms with E-state index in [4.69, 9.17) is 9.72 Å². The standard InChI is InChI=1S/C32H30F4N4O6/c1-3-31(45)18-10-23-26-16(12-40(23)28(42)17(18)13-46-30(31)44)25-20(8-7-15-14(2)19(33)11-21(37-26)24(15)25)38-27(41)22-6-4-5-9-39(22)29(43)32(34,35)36/h10-11,20,22,45H,3-9,12-13H2,1-2H3,(H,38,41)/t20-,22?,31-/m0/s1. The highest BCUT2D eigenvalue weighted by molar-refractivity contribution is 5.95. The summed E-state index contributed by atoms with van der Waals surface area (Å²) in [6.45, 7) is 2.71. The number of piperidine rings is 1. The molecule has 10 nitrogen and oxygen atoms in total. The number of fused-ring (bicyclic) bond motifs is 5. The number of nitrogens with zero attached hydrogens (tertiary/aromatic N) is 3. The molecule has 2 aromatic heterocycles. The van der Waals surface area contributed by atoms with E-state index in [0.29, 0.717) is 63.2 Å². The first-order chi connectivity index (χ1) is 21.8. The number of carbonyl (C=O) groups is 3. The molecule has 0 spiro atoms. The minimum absolute atomic E-state index is 0.0118. The topological polar surface area (TPSA) is 131 Å². The predicted octanol–water partition coefficient (Wildman–Crippen LogP) is 3.57. The lowest BCUT2D eigenvalue weighted by Crippen LogP contribution is -2.55.